The third-order valence-corrected chi connectivity index (χ3v) is 3.66. The largest absolute Gasteiger partial charge is 0.463 e. The predicted molar refractivity (Wildman–Crippen MR) is 59.4 cm³/mol. The lowest BCUT2D eigenvalue weighted by Gasteiger charge is -2.07. The van der Waals surface area contributed by atoms with Gasteiger partial charge in [-0.2, -0.15) is 0 Å². The first-order chi connectivity index (χ1) is 6.87. The molecule has 0 aromatic rings. The quantitative estimate of drug-likeness (QED) is 0.629. The van der Waals surface area contributed by atoms with Crippen LogP contribution in [-0.4, -0.2) is 32.0 Å². The maximum Gasteiger partial charge on any atom is 0.306 e. The van der Waals surface area contributed by atoms with Gasteiger partial charge in [0, 0.05) is 12.2 Å². The van der Waals surface area contributed by atoms with E-state index in [-0.39, 0.29) is 30.0 Å². The van der Waals surface area contributed by atoms with E-state index in [1.165, 1.54) is 0 Å². The van der Waals surface area contributed by atoms with Crippen LogP contribution in [0.5, 0.6) is 0 Å². The van der Waals surface area contributed by atoms with Crippen LogP contribution >= 0.6 is 0 Å². The van der Waals surface area contributed by atoms with E-state index in [4.69, 9.17) is 4.74 Å². The topological polar surface area (TPSA) is 60.4 Å². The molecule has 0 radical (unpaired) electrons. The molecule has 4 nitrogen and oxygen atoms in total. The molecule has 15 heavy (non-hydrogen) atoms. The second kappa shape index (κ2) is 6.82. The van der Waals surface area contributed by atoms with Gasteiger partial charge in [-0.05, 0) is 26.7 Å². The van der Waals surface area contributed by atoms with Gasteiger partial charge in [-0.1, -0.05) is 6.92 Å². The van der Waals surface area contributed by atoms with E-state index >= 15 is 0 Å². The van der Waals surface area contributed by atoms with E-state index in [1.54, 1.807) is 13.8 Å². The number of esters is 1. The Hall–Kier alpha value is -0.580. The van der Waals surface area contributed by atoms with Gasteiger partial charge >= 0.3 is 5.97 Å². The molecule has 0 aromatic heterocycles. The van der Waals surface area contributed by atoms with Gasteiger partial charge in [0.2, 0.25) is 0 Å². The Kier molecular flexibility index (Phi) is 6.56. The van der Waals surface area contributed by atoms with Gasteiger partial charge in [0.05, 0.1) is 11.9 Å². The summed E-state index contributed by atoms with van der Waals surface area (Å²) in [7, 11) is -2.96. The van der Waals surface area contributed by atoms with Crippen molar-refractivity contribution < 1.29 is 17.9 Å². The van der Waals surface area contributed by atoms with E-state index in [0.29, 0.717) is 12.8 Å². The molecule has 0 amide bonds. The summed E-state index contributed by atoms with van der Waals surface area (Å²) in [5.41, 5.74) is 0. The number of hydrogen-bond acceptors (Lipinski definition) is 4. The third kappa shape index (κ3) is 8.42. The lowest BCUT2D eigenvalue weighted by atomic mass is 10.3. The second-order valence-corrected chi connectivity index (χ2v) is 6.10. The van der Waals surface area contributed by atoms with Crippen LogP contribution < -0.4 is 0 Å². The first kappa shape index (κ1) is 14.4. The Labute approximate surface area is 91.9 Å². The molecule has 0 saturated carbocycles. The summed E-state index contributed by atoms with van der Waals surface area (Å²) in [5.74, 6) is -0.0445. The molecule has 0 rings (SSSR count). The molecule has 0 unspecified atom stereocenters. The maximum atomic E-state index is 11.3. The molecule has 5 heteroatoms. The maximum absolute atomic E-state index is 11.3. The van der Waals surface area contributed by atoms with E-state index in [1.807, 2.05) is 6.92 Å². The lowest BCUT2D eigenvalue weighted by Crippen LogP contribution is -2.15. The highest BCUT2D eigenvalue weighted by molar-refractivity contribution is 7.91. The highest BCUT2D eigenvalue weighted by Gasteiger charge is 2.11. The Morgan fingerprint density at radius 2 is 1.87 bits per heavy atom. The van der Waals surface area contributed by atoms with Crippen molar-refractivity contribution in [3.63, 3.8) is 0 Å². The molecule has 0 spiro atoms. The van der Waals surface area contributed by atoms with Crippen molar-refractivity contribution in [3.05, 3.63) is 0 Å². The minimum Gasteiger partial charge on any atom is -0.463 e. The van der Waals surface area contributed by atoms with Crippen LogP contribution in [0.15, 0.2) is 0 Å². The van der Waals surface area contributed by atoms with Crippen LogP contribution in [0.3, 0.4) is 0 Å². The molecule has 0 bridgehead atoms. The summed E-state index contributed by atoms with van der Waals surface area (Å²) in [6, 6.07) is 0. The fourth-order valence-corrected chi connectivity index (χ4v) is 2.58. The van der Waals surface area contributed by atoms with Crippen LogP contribution in [0.2, 0.25) is 0 Å². The molecular formula is C10H20O4S. The average Bonchev–Trinajstić information content (AvgIpc) is 2.01. The average molecular weight is 236 g/mol. The van der Waals surface area contributed by atoms with Crippen molar-refractivity contribution >= 4 is 15.8 Å². The molecule has 0 aliphatic heterocycles. The summed E-state index contributed by atoms with van der Waals surface area (Å²) >= 11 is 0. The molecule has 0 heterocycles. The van der Waals surface area contributed by atoms with Crippen molar-refractivity contribution in [2.45, 2.75) is 46.1 Å². The van der Waals surface area contributed by atoms with Gasteiger partial charge in [0.15, 0.2) is 0 Å². The molecule has 0 fully saturated rings. The number of hydrogen-bond donors (Lipinski definition) is 0. The SMILES string of the molecule is CCCS(=O)(=O)CCCC(=O)OC(C)C. The van der Waals surface area contributed by atoms with Crippen LogP contribution in [0, 0.1) is 0 Å². The van der Waals surface area contributed by atoms with E-state index in [0.717, 1.165) is 0 Å². The summed E-state index contributed by atoms with van der Waals surface area (Å²) in [6.07, 6.45) is 1.03. The Balaban J connectivity index is 3.75. The molecule has 0 aliphatic rings. The number of carbonyl (C=O) groups is 1. The molecular weight excluding hydrogens is 216 g/mol. The Bertz CT molecular complexity index is 280. The van der Waals surface area contributed by atoms with Crippen molar-refractivity contribution in [2.75, 3.05) is 11.5 Å². The van der Waals surface area contributed by atoms with Crippen LogP contribution in [0.4, 0.5) is 0 Å². The molecule has 0 saturated heterocycles. The van der Waals surface area contributed by atoms with Crippen LogP contribution in [0.1, 0.15) is 40.0 Å². The summed E-state index contributed by atoms with van der Waals surface area (Å²) < 4.78 is 27.5. The molecule has 0 atom stereocenters. The summed E-state index contributed by atoms with van der Waals surface area (Å²) in [4.78, 5) is 11.1. The summed E-state index contributed by atoms with van der Waals surface area (Å²) in [5, 5.41) is 0. The minimum absolute atomic E-state index is 0.0774. The van der Waals surface area contributed by atoms with Crippen LogP contribution in [0.25, 0.3) is 0 Å². The fourth-order valence-electron chi connectivity index (χ4n) is 1.17. The minimum atomic E-state index is -2.96. The predicted octanol–water partition coefficient (Wildman–Crippen LogP) is 1.54. The zero-order valence-electron chi connectivity index (χ0n) is 9.65. The molecule has 0 aliphatic carbocycles. The van der Waals surface area contributed by atoms with Gasteiger partial charge in [0.1, 0.15) is 9.84 Å². The number of rotatable bonds is 7. The van der Waals surface area contributed by atoms with Crippen molar-refractivity contribution in [2.24, 2.45) is 0 Å². The van der Waals surface area contributed by atoms with Gasteiger partial charge < -0.3 is 4.74 Å². The number of sulfone groups is 1. The van der Waals surface area contributed by atoms with E-state index in [9.17, 15) is 13.2 Å². The monoisotopic (exact) mass is 236 g/mol. The van der Waals surface area contributed by atoms with E-state index < -0.39 is 9.84 Å². The van der Waals surface area contributed by atoms with Crippen molar-refractivity contribution in [1.82, 2.24) is 0 Å². The zero-order chi connectivity index (χ0) is 11.9. The van der Waals surface area contributed by atoms with Gasteiger partial charge in [-0.15, -0.1) is 0 Å². The summed E-state index contributed by atoms with van der Waals surface area (Å²) in [6.45, 7) is 5.36. The van der Waals surface area contributed by atoms with Gasteiger partial charge in [-0.3, -0.25) is 4.79 Å². The zero-order valence-corrected chi connectivity index (χ0v) is 10.5. The van der Waals surface area contributed by atoms with Gasteiger partial charge in [-0.25, -0.2) is 8.42 Å². The Morgan fingerprint density at radius 3 is 2.33 bits per heavy atom. The first-order valence-electron chi connectivity index (χ1n) is 5.27. The standard InChI is InChI=1S/C10H20O4S/c1-4-7-15(12,13)8-5-6-10(11)14-9(2)3/h9H,4-8H2,1-3H3. The fraction of sp³-hybridized carbons (Fsp3) is 0.900. The molecule has 0 aromatic carbocycles. The van der Waals surface area contributed by atoms with Crippen LogP contribution in [-0.2, 0) is 19.4 Å². The van der Waals surface area contributed by atoms with E-state index in [2.05, 4.69) is 0 Å². The normalized spacial score (nSPS) is 11.7. The number of carbonyl (C=O) groups excluding carboxylic acids is 1. The van der Waals surface area contributed by atoms with Crippen molar-refractivity contribution in [3.8, 4) is 0 Å². The molecule has 0 N–H and O–H groups in total. The molecule has 90 valence electrons. The third-order valence-electron chi connectivity index (χ3n) is 1.72. The second-order valence-electron chi connectivity index (χ2n) is 3.79. The van der Waals surface area contributed by atoms with Gasteiger partial charge in [0.25, 0.3) is 0 Å². The highest BCUT2D eigenvalue weighted by atomic mass is 32.2. The Morgan fingerprint density at radius 1 is 1.27 bits per heavy atom. The van der Waals surface area contributed by atoms with Crippen molar-refractivity contribution in [1.29, 1.82) is 0 Å². The smallest absolute Gasteiger partial charge is 0.306 e. The lowest BCUT2D eigenvalue weighted by molar-refractivity contribution is -0.147. The first-order valence-corrected chi connectivity index (χ1v) is 7.09. The number of ether oxygens (including phenoxy) is 1. The highest BCUT2D eigenvalue weighted by Crippen LogP contribution is 2.02.